The molecule has 6 nitrogen and oxygen atoms in total. The zero-order chi connectivity index (χ0) is 22.3. The predicted molar refractivity (Wildman–Crippen MR) is 120 cm³/mol. The van der Waals surface area contributed by atoms with Crippen molar-refractivity contribution in [3.05, 3.63) is 71.8 Å². The Bertz CT molecular complexity index is 807. The van der Waals surface area contributed by atoms with Crippen LogP contribution in [0, 0.1) is 0 Å². The topological polar surface area (TPSA) is 59.1 Å². The summed E-state index contributed by atoms with van der Waals surface area (Å²) in [4.78, 5) is 28.0. The third-order valence-electron chi connectivity index (χ3n) is 5.47. The first-order chi connectivity index (χ1) is 14.9. The quantitative estimate of drug-likeness (QED) is 0.609. The van der Waals surface area contributed by atoms with E-state index in [4.69, 9.17) is 9.47 Å². The fraction of sp³-hybridized carbons (Fsp3) is 0.440. The van der Waals surface area contributed by atoms with Gasteiger partial charge in [-0.25, -0.2) is 0 Å². The maximum Gasteiger partial charge on any atom is 0.303 e. The van der Waals surface area contributed by atoms with Gasteiger partial charge in [-0.05, 0) is 25.0 Å². The molecule has 1 heterocycles. The number of carbonyl (C=O) groups is 2. The van der Waals surface area contributed by atoms with E-state index in [1.54, 1.807) is 18.7 Å². The lowest BCUT2D eigenvalue weighted by atomic mass is 10.0. The Kier molecular flexibility index (Phi) is 7.82. The van der Waals surface area contributed by atoms with E-state index in [2.05, 4.69) is 29.2 Å². The van der Waals surface area contributed by atoms with Crippen LogP contribution in [0.1, 0.15) is 38.0 Å². The average molecular weight is 425 g/mol. The van der Waals surface area contributed by atoms with Crippen LogP contribution in [-0.4, -0.2) is 66.6 Å². The number of esters is 1. The largest absolute Gasteiger partial charge is 0.450 e. The number of ether oxygens (including phenoxy) is 2. The molecule has 0 aromatic heterocycles. The average Bonchev–Trinajstić information content (AvgIpc) is 2.77. The van der Waals surface area contributed by atoms with Gasteiger partial charge >= 0.3 is 5.97 Å². The number of hydrogen-bond acceptors (Lipinski definition) is 5. The number of benzene rings is 2. The van der Waals surface area contributed by atoms with Gasteiger partial charge in [0.25, 0.3) is 5.91 Å². The standard InChI is InChI=1S/C25H32N2O4/c1-20(28)31-25(2,3)24(29)27-16-14-26(15-17-27)18-19-30-23(21-10-6-4-7-11-21)22-12-8-5-9-13-22/h4-13,23H,14-19H2,1-3H3. The van der Waals surface area contributed by atoms with Crippen LogP contribution < -0.4 is 0 Å². The van der Waals surface area contributed by atoms with Crippen molar-refractivity contribution >= 4 is 11.9 Å². The first-order valence-corrected chi connectivity index (χ1v) is 10.8. The summed E-state index contributed by atoms with van der Waals surface area (Å²) in [5.74, 6) is -0.590. The zero-order valence-corrected chi connectivity index (χ0v) is 18.6. The van der Waals surface area contributed by atoms with Crippen LogP contribution in [0.15, 0.2) is 60.7 Å². The van der Waals surface area contributed by atoms with E-state index >= 15 is 0 Å². The number of piperazine rings is 1. The Balaban J connectivity index is 1.51. The van der Waals surface area contributed by atoms with Crippen LogP contribution >= 0.6 is 0 Å². The SMILES string of the molecule is CC(=O)OC(C)(C)C(=O)N1CCN(CCOC(c2ccccc2)c2ccccc2)CC1. The molecule has 0 aliphatic carbocycles. The molecular weight excluding hydrogens is 392 g/mol. The molecule has 1 aliphatic heterocycles. The second-order valence-electron chi connectivity index (χ2n) is 8.31. The van der Waals surface area contributed by atoms with Crippen molar-refractivity contribution in [2.24, 2.45) is 0 Å². The molecule has 2 aromatic rings. The van der Waals surface area contributed by atoms with Crippen molar-refractivity contribution in [1.82, 2.24) is 9.80 Å². The monoisotopic (exact) mass is 424 g/mol. The summed E-state index contributed by atoms with van der Waals surface area (Å²) >= 11 is 0. The van der Waals surface area contributed by atoms with Crippen molar-refractivity contribution in [2.45, 2.75) is 32.5 Å². The summed E-state index contributed by atoms with van der Waals surface area (Å²) in [5, 5.41) is 0. The summed E-state index contributed by atoms with van der Waals surface area (Å²) in [7, 11) is 0. The highest BCUT2D eigenvalue weighted by atomic mass is 16.6. The van der Waals surface area contributed by atoms with Crippen molar-refractivity contribution < 1.29 is 19.1 Å². The zero-order valence-electron chi connectivity index (χ0n) is 18.6. The van der Waals surface area contributed by atoms with Gasteiger partial charge in [-0.3, -0.25) is 14.5 Å². The van der Waals surface area contributed by atoms with E-state index in [1.165, 1.54) is 6.92 Å². The normalized spacial score (nSPS) is 15.2. The van der Waals surface area contributed by atoms with E-state index in [-0.39, 0.29) is 12.0 Å². The molecule has 2 aromatic carbocycles. The molecule has 166 valence electrons. The fourth-order valence-corrected chi connectivity index (χ4v) is 3.90. The molecule has 0 N–H and O–H groups in total. The van der Waals surface area contributed by atoms with Crippen LogP contribution in [0.4, 0.5) is 0 Å². The summed E-state index contributed by atoms with van der Waals surface area (Å²) in [6, 6.07) is 20.5. The smallest absolute Gasteiger partial charge is 0.303 e. The fourth-order valence-electron chi connectivity index (χ4n) is 3.90. The third kappa shape index (κ3) is 6.39. The highest BCUT2D eigenvalue weighted by Crippen LogP contribution is 2.25. The van der Waals surface area contributed by atoms with Gasteiger partial charge in [-0.2, -0.15) is 0 Å². The number of rotatable bonds is 8. The summed E-state index contributed by atoms with van der Waals surface area (Å²) in [6.45, 7) is 8.78. The Morgan fingerprint density at radius 3 is 1.90 bits per heavy atom. The Labute approximate surface area is 184 Å². The predicted octanol–water partition coefficient (Wildman–Crippen LogP) is 3.28. The second kappa shape index (κ2) is 10.6. The van der Waals surface area contributed by atoms with Gasteiger partial charge in [0.1, 0.15) is 6.10 Å². The Morgan fingerprint density at radius 2 is 1.42 bits per heavy atom. The summed E-state index contributed by atoms with van der Waals surface area (Å²) in [5.41, 5.74) is 1.14. The first-order valence-electron chi connectivity index (χ1n) is 10.8. The molecule has 0 unspecified atom stereocenters. The van der Waals surface area contributed by atoms with Crippen LogP contribution in [0.2, 0.25) is 0 Å². The lowest BCUT2D eigenvalue weighted by molar-refractivity contribution is -0.169. The van der Waals surface area contributed by atoms with E-state index in [1.807, 2.05) is 36.4 Å². The van der Waals surface area contributed by atoms with Crippen LogP contribution in [0.25, 0.3) is 0 Å². The minimum absolute atomic E-state index is 0.102. The van der Waals surface area contributed by atoms with Crippen molar-refractivity contribution in [2.75, 3.05) is 39.3 Å². The molecule has 0 radical (unpaired) electrons. The van der Waals surface area contributed by atoms with Crippen molar-refractivity contribution in [1.29, 1.82) is 0 Å². The highest BCUT2D eigenvalue weighted by Gasteiger charge is 2.36. The van der Waals surface area contributed by atoms with Gasteiger partial charge in [0.2, 0.25) is 0 Å². The summed E-state index contributed by atoms with van der Waals surface area (Å²) in [6.07, 6.45) is -0.102. The molecule has 6 heteroatoms. The maximum atomic E-state index is 12.7. The lowest BCUT2D eigenvalue weighted by Gasteiger charge is -2.38. The first kappa shape index (κ1) is 23.0. The minimum atomic E-state index is -1.13. The van der Waals surface area contributed by atoms with Crippen LogP contribution in [0.5, 0.6) is 0 Å². The van der Waals surface area contributed by atoms with Crippen LogP contribution in [0.3, 0.4) is 0 Å². The molecule has 3 rings (SSSR count). The number of hydrogen-bond donors (Lipinski definition) is 0. The van der Waals surface area contributed by atoms with Gasteiger partial charge < -0.3 is 14.4 Å². The van der Waals surface area contributed by atoms with E-state index in [9.17, 15) is 9.59 Å². The van der Waals surface area contributed by atoms with E-state index in [0.717, 1.165) is 30.8 Å². The van der Waals surface area contributed by atoms with Gasteiger partial charge in [-0.15, -0.1) is 0 Å². The molecule has 1 fully saturated rings. The maximum absolute atomic E-state index is 12.7. The third-order valence-corrected chi connectivity index (χ3v) is 5.47. The molecule has 0 spiro atoms. The lowest BCUT2D eigenvalue weighted by Crippen LogP contribution is -2.55. The molecule has 1 amide bonds. The molecule has 0 saturated carbocycles. The molecule has 1 aliphatic rings. The minimum Gasteiger partial charge on any atom is -0.450 e. The molecule has 31 heavy (non-hydrogen) atoms. The number of carbonyl (C=O) groups excluding carboxylic acids is 2. The molecule has 0 bridgehead atoms. The van der Waals surface area contributed by atoms with Gasteiger partial charge in [-0.1, -0.05) is 60.7 Å². The Morgan fingerprint density at radius 1 is 0.903 bits per heavy atom. The number of amides is 1. The van der Waals surface area contributed by atoms with Crippen LogP contribution in [-0.2, 0) is 19.1 Å². The molecular formula is C25H32N2O4. The summed E-state index contributed by atoms with van der Waals surface area (Å²) < 4.78 is 11.5. The molecule has 1 saturated heterocycles. The van der Waals surface area contributed by atoms with Gasteiger partial charge in [0, 0.05) is 39.6 Å². The van der Waals surface area contributed by atoms with Gasteiger partial charge in [0.15, 0.2) is 5.60 Å². The van der Waals surface area contributed by atoms with Crippen molar-refractivity contribution in [3.8, 4) is 0 Å². The number of nitrogens with zero attached hydrogens (tertiary/aromatic N) is 2. The highest BCUT2D eigenvalue weighted by molar-refractivity contribution is 5.86. The second-order valence-corrected chi connectivity index (χ2v) is 8.31. The van der Waals surface area contributed by atoms with Crippen molar-refractivity contribution in [3.63, 3.8) is 0 Å². The Hall–Kier alpha value is -2.70. The van der Waals surface area contributed by atoms with Gasteiger partial charge in [0.05, 0.1) is 6.61 Å². The van der Waals surface area contributed by atoms with E-state index < -0.39 is 11.6 Å². The van der Waals surface area contributed by atoms with E-state index in [0.29, 0.717) is 19.7 Å². The molecule has 0 atom stereocenters.